The van der Waals surface area contributed by atoms with Crippen molar-refractivity contribution in [2.24, 2.45) is 5.92 Å². The number of anilines is 1. The summed E-state index contributed by atoms with van der Waals surface area (Å²) in [4.78, 5) is 14.4. The van der Waals surface area contributed by atoms with Crippen molar-refractivity contribution in [2.45, 2.75) is 6.42 Å². The number of amides is 1. The summed E-state index contributed by atoms with van der Waals surface area (Å²) in [5.41, 5.74) is 1.18. The third kappa shape index (κ3) is 4.43. The van der Waals surface area contributed by atoms with Crippen molar-refractivity contribution in [3.8, 4) is 6.07 Å². The van der Waals surface area contributed by atoms with E-state index < -0.39 is 0 Å². The summed E-state index contributed by atoms with van der Waals surface area (Å²) >= 11 is 5.92. The highest BCUT2D eigenvalue weighted by molar-refractivity contribution is 6.30. The fourth-order valence-electron chi connectivity index (χ4n) is 2.88. The minimum absolute atomic E-state index is 0.0440. The van der Waals surface area contributed by atoms with Crippen LogP contribution in [0.5, 0.6) is 0 Å². The van der Waals surface area contributed by atoms with Crippen molar-refractivity contribution in [3.05, 3.63) is 59.0 Å². The van der Waals surface area contributed by atoms with E-state index in [1.807, 2.05) is 30.3 Å². The molecule has 1 aromatic carbocycles. The number of nitrogens with zero attached hydrogens (tertiary/aromatic N) is 2. The first kappa shape index (κ1) is 17.1. The van der Waals surface area contributed by atoms with Crippen LogP contribution in [0.25, 0.3) is 6.08 Å². The van der Waals surface area contributed by atoms with E-state index in [-0.39, 0.29) is 11.5 Å². The Morgan fingerprint density at radius 3 is 2.88 bits per heavy atom. The van der Waals surface area contributed by atoms with Gasteiger partial charge in [0.1, 0.15) is 17.4 Å². The molecule has 1 N–H and O–H groups in total. The van der Waals surface area contributed by atoms with E-state index in [2.05, 4.69) is 10.2 Å². The maximum atomic E-state index is 12.2. The minimum atomic E-state index is -0.371. The highest BCUT2D eigenvalue weighted by Gasteiger charge is 2.23. The van der Waals surface area contributed by atoms with Gasteiger partial charge in [-0.1, -0.05) is 11.6 Å². The molecule has 0 bridgehead atoms. The fourth-order valence-corrected chi connectivity index (χ4v) is 3.01. The Balaban J connectivity index is 1.53. The van der Waals surface area contributed by atoms with E-state index in [4.69, 9.17) is 21.3 Å². The lowest BCUT2D eigenvalue weighted by molar-refractivity contribution is -0.117. The van der Waals surface area contributed by atoms with Gasteiger partial charge in [0.05, 0.1) is 6.26 Å². The summed E-state index contributed by atoms with van der Waals surface area (Å²) in [6, 6.07) is 13.1. The van der Waals surface area contributed by atoms with E-state index in [0.29, 0.717) is 18.2 Å². The summed E-state index contributed by atoms with van der Waals surface area (Å²) in [7, 11) is 0. The second-order valence-corrected chi connectivity index (χ2v) is 6.41. The highest BCUT2D eigenvalue weighted by Crippen LogP contribution is 2.24. The van der Waals surface area contributed by atoms with Crippen LogP contribution in [0.3, 0.4) is 0 Å². The molecule has 2 aromatic rings. The van der Waals surface area contributed by atoms with Gasteiger partial charge in [-0.2, -0.15) is 5.26 Å². The molecule has 0 spiro atoms. The first-order valence-electron chi connectivity index (χ1n) is 8.09. The number of hydrogen-bond donors (Lipinski definition) is 1. The van der Waals surface area contributed by atoms with Crippen LogP contribution in [0.1, 0.15) is 12.2 Å². The molecule has 1 aromatic heterocycles. The molecule has 1 aliphatic heterocycles. The summed E-state index contributed by atoms with van der Waals surface area (Å²) in [6.45, 7) is 2.35. The van der Waals surface area contributed by atoms with Gasteiger partial charge in [0.2, 0.25) is 0 Å². The zero-order valence-corrected chi connectivity index (χ0v) is 14.4. The van der Waals surface area contributed by atoms with Crippen LogP contribution in [0.15, 0.2) is 52.7 Å². The van der Waals surface area contributed by atoms with Gasteiger partial charge in [-0.05, 0) is 48.7 Å². The van der Waals surface area contributed by atoms with Crippen molar-refractivity contribution >= 4 is 29.3 Å². The van der Waals surface area contributed by atoms with Crippen molar-refractivity contribution in [2.75, 3.05) is 24.5 Å². The molecule has 1 aliphatic rings. The molecule has 1 fully saturated rings. The van der Waals surface area contributed by atoms with Gasteiger partial charge >= 0.3 is 0 Å². The summed E-state index contributed by atoms with van der Waals surface area (Å²) in [5, 5.41) is 12.7. The monoisotopic (exact) mass is 355 g/mol. The third-order valence-electron chi connectivity index (χ3n) is 4.22. The number of nitrogens with one attached hydrogen (secondary N) is 1. The van der Waals surface area contributed by atoms with E-state index in [1.54, 1.807) is 12.1 Å². The van der Waals surface area contributed by atoms with E-state index in [9.17, 15) is 4.79 Å². The number of nitriles is 1. The van der Waals surface area contributed by atoms with Crippen molar-refractivity contribution in [1.29, 1.82) is 5.26 Å². The lowest BCUT2D eigenvalue weighted by atomic mass is 10.1. The molecule has 0 radical (unpaired) electrons. The summed E-state index contributed by atoms with van der Waals surface area (Å²) in [5.74, 6) is 0.466. The SMILES string of the molecule is N#C/C(=C\c1ccco1)C(=O)NCC1CCN(c2ccc(Cl)cc2)C1. The number of hydrogen-bond acceptors (Lipinski definition) is 4. The molecule has 5 nitrogen and oxygen atoms in total. The molecule has 1 saturated heterocycles. The zero-order valence-electron chi connectivity index (χ0n) is 13.6. The number of benzene rings is 1. The van der Waals surface area contributed by atoms with Gasteiger partial charge in [-0.25, -0.2) is 0 Å². The number of halogens is 1. The maximum Gasteiger partial charge on any atom is 0.262 e. The van der Waals surface area contributed by atoms with Gasteiger partial charge in [0.25, 0.3) is 5.91 Å². The van der Waals surface area contributed by atoms with Gasteiger partial charge in [0.15, 0.2) is 0 Å². The van der Waals surface area contributed by atoms with Crippen molar-refractivity contribution in [3.63, 3.8) is 0 Å². The largest absolute Gasteiger partial charge is 0.465 e. The zero-order chi connectivity index (χ0) is 17.6. The van der Waals surface area contributed by atoms with Crippen molar-refractivity contribution < 1.29 is 9.21 Å². The number of furan rings is 1. The Kier molecular flexibility index (Phi) is 5.42. The predicted molar refractivity (Wildman–Crippen MR) is 97.1 cm³/mol. The van der Waals surface area contributed by atoms with Crippen LogP contribution < -0.4 is 10.2 Å². The first-order valence-corrected chi connectivity index (χ1v) is 8.47. The van der Waals surface area contributed by atoms with Gasteiger partial charge < -0.3 is 14.6 Å². The Labute approximate surface area is 151 Å². The van der Waals surface area contributed by atoms with E-state index in [0.717, 1.165) is 30.2 Å². The highest BCUT2D eigenvalue weighted by atomic mass is 35.5. The van der Waals surface area contributed by atoms with Crippen LogP contribution in [0, 0.1) is 17.2 Å². The molecule has 0 saturated carbocycles. The topological polar surface area (TPSA) is 69.3 Å². The molecule has 1 unspecified atom stereocenters. The Hall–Kier alpha value is -2.71. The molecule has 128 valence electrons. The molecule has 1 atom stereocenters. The van der Waals surface area contributed by atoms with Crippen LogP contribution in [0.4, 0.5) is 5.69 Å². The van der Waals surface area contributed by atoms with Gasteiger partial charge in [-0.3, -0.25) is 4.79 Å². The predicted octanol–water partition coefficient (Wildman–Crippen LogP) is 3.48. The lowest BCUT2D eigenvalue weighted by Crippen LogP contribution is -2.31. The summed E-state index contributed by atoms with van der Waals surface area (Å²) < 4.78 is 5.14. The standard InChI is InChI=1S/C19H18ClN3O2/c20-16-3-5-17(6-4-16)23-8-7-14(13-23)12-22-19(24)15(11-21)10-18-2-1-9-25-18/h1-6,9-10,14H,7-8,12-13H2,(H,22,24)/b15-10+. The van der Waals surface area contributed by atoms with Gasteiger partial charge in [0, 0.05) is 36.4 Å². The lowest BCUT2D eigenvalue weighted by Gasteiger charge is -2.19. The fraction of sp³-hybridized carbons (Fsp3) is 0.263. The number of carbonyl (C=O) groups is 1. The minimum Gasteiger partial charge on any atom is -0.465 e. The molecule has 25 heavy (non-hydrogen) atoms. The van der Waals surface area contributed by atoms with Crippen LogP contribution >= 0.6 is 11.6 Å². The first-order chi connectivity index (χ1) is 12.2. The molecule has 3 rings (SSSR count). The molecule has 1 amide bonds. The Bertz CT molecular complexity index is 791. The van der Waals surface area contributed by atoms with Gasteiger partial charge in [-0.15, -0.1) is 0 Å². The third-order valence-corrected chi connectivity index (χ3v) is 4.48. The van der Waals surface area contributed by atoms with E-state index >= 15 is 0 Å². The van der Waals surface area contributed by atoms with Crippen LogP contribution in [0.2, 0.25) is 5.02 Å². The molecule has 0 aliphatic carbocycles. The van der Waals surface area contributed by atoms with Crippen LogP contribution in [-0.2, 0) is 4.79 Å². The summed E-state index contributed by atoms with van der Waals surface area (Å²) in [6.07, 6.45) is 3.94. The number of rotatable bonds is 5. The number of carbonyl (C=O) groups excluding carboxylic acids is 1. The molecule has 6 heteroatoms. The second-order valence-electron chi connectivity index (χ2n) is 5.97. The maximum absolute atomic E-state index is 12.2. The second kappa shape index (κ2) is 7.91. The molecule has 2 heterocycles. The average Bonchev–Trinajstić information content (AvgIpc) is 3.30. The smallest absolute Gasteiger partial charge is 0.262 e. The average molecular weight is 356 g/mol. The quantitative estimate of drug-likeness (QED) is 0.658. The van der Waals surface area contributed by atoms with Crippen molar-refractivity contribution in [1.82, 2.24) is 5.32 Å². The normalized spacial score (nSPS) is 17.4. The molecular formula is C19H18ClN3O2. The Morgan fingerprint density at radius 2 is 2.20 bits per heavy atom. The molecular weight excluding hydrogens is 338 g/mol. The Morgan fingerprint density at radius 1 is 1.40 bits per heavy atom. The van der Waals surface area contributed by atoms with Crippen LogP contribution in [-0.4, -0.2) is 25.5 Å². The van der Waals surface area contributed by atoms with E-state index in [1.165, 1.54) is 12.3 Å².